The van der Waals surface area contributed by atoms with Crippen LogP contribution in [0.1, 0.15) is 50.5 Å². The van der Waals surface area contributed by atoms with Crippen molar-refractivity contribution in [3.8, 4) is 11.5 Å². The van der Waals surface area contributed by atoms with Crippen LogP contribution in [-0.2, 0) is 21.1 Å². The summed E-state index contributed by atoms with van der Waals surface area (Å²) in [5, 5.41) is 10.5. The smallest absolute Gasteiger partial charge is 0.336 e. The Hall–Kier alpha value is -5.14. The predicted octanol–water partition coefficient (Wildman–Crippen LogP) is 7.32. The number of halogens is 1. The summed E-state index contributed by atoms with van der Waals surface area (Å²) in [6, 6.07) is 20.7. The first kappa shape index (κ1) is 35.7. The molecule has 0 atom stereocenters. The fraction of sp³-hybridized carbons (Fsp3) is 0.297. The Labute approximate surface area is 300 Å². The highest BCUT2D eigenvalue weighted by Crippen LogP contribution is 2.44. The maximum atomic E-state index is 13.1. The van der Waals surface area contributed by atoms with E-state index in [-0.39, 0.29) is 41.3 Å². The topological polar surface area (TPSA) is 162 Å². The molecular weight excluding hydrogens is 694 g/mol. The number of sulfone groups is 1. The summed E-state index contributed by atoms with van der Waals surface area (Å²) in [7, 11) is -3.58. The molecule has 51 heavy (non-hydrogen) atoms. The van der Waals surface area contributed by atoms with E-state index in [0.717, 1.165) is 43.1 Å². The van der Waals surface area contributed by atoms with Crippen molar-refractivity contribution in [2.24, 2.45) is 0 Å². The lowest BCUT2D eigenvalue weighted by molar-refractivity contribution is -0.121. The lowest BCUT2D eigenvalue weighted by Gasteiger charge is -2.12. The molecule has 0 fully saturated rings. The number of nitrogens with one attached hydrogen (secondary N) is 3. The molecule has 0 radical (unpaired) electrons. The zero-order chi connectivity index (χ0) is 35.6. The van der Waals surface area contributed by atoms with Crippen molar-refractivity contribution < 1.29 is 27.1 Å². The van der Waals surface area contributed by atoms with E-state index in [1.54, 1.807) is 54.7 Å². The van der Waals surface area contributed by atoms with Crippen molar-refractivity contribution >= 4 is 61.5 Å². The third-order valence-electron chi connectivity index (χ3n) is 8.32. The quantitative estimate of drug-likeness (QED) is 0.0649. The molecule has 0 bridgehead atoms. The van der Waals surface area contributed by atoms with Crippen molar-refractivity contribution in [3.05, 3.63) is 100.0 Å². The van der Waals surface area contributed by atoms with Gasteiger partial charge in [-0.3, -0.25) is 4.79 Å². The molecule has 3 heterocycles. The van der Waals surface area contributed by atoms with Crippen LogP contribution in [0, 0.1) is 0 Å². The first-order valence-corrected chi connectivity index (χ1v) is 18.8. The molecule has 1 amide bonds. The van der Waals surface area contributed by atoms with Gasteiger partial charge in [-0.25, -0.2) is 18.2 Å². The van der Waals surface area contributed by atoms with Crippen molar-refractivity contribution in [2.75, 3.05) is 29.7 Å². The van der Waals surface area contributed by atoms with Gasteiger partial charge in [0.05, 0.1) is 15.7 Å². The van der Waals surface area contributed by atoms with Gasteiger partial charge in [-0.05, 0) is 86.2 Å². The molecule has 6 rings (SSSR count). The van der Waals surface area contributed by atoms with Crippen LogP contribution in [0.4, 0.5) is 23.1 Å². The Morgan fingerprint density at radius 3 is 2.65 bits per heavy atom. The van der Waals surface area contributed by atoms with Crippen molar-refractivity contribution in [1.82, 2.24) is 15.3 Å². The van der Waals surface area contributed by atoms with Gasteiger partial charge in [0.2, 0.25) is 18.6 Å². The molecule has 14 heteroatoms. The number of aromatic nitrogens is 2. The molecule has 3 aromatic carbocycles. The van der Waals surface area contributed by atoms with Crippen LogP contribution < -0.4 is 31.0 Å². The summed E-state index contributed by atoms with van der Waals surface area (Å²) in [4.78, 5) is 32.7. The molecule has 3 N–H and O–H groups in total. The number of nitrogens with zero attached hydrogens (tertiary/aromatic N) is 2. The van der Waals surface area contributed by atoms with E-state index in [9.17, 15) is 18.0 Å². The van der Waals surface area contributed by atoms with Gasteiger partial charge in [-0.15, -0.1) is 0 Å². The van der Waals surface area contributed by atoms with E-state index >= 15 is 0 Å². The summed E-state index contributed by atoms with van der Waals surface area (Å²) in [5.41, 5.74) is 2.41. The Bertz CT molecular complexity index is 2180. The van der Waals surface area contributed by atoms with E-state index in [2.05, 4.69) is 32.0 Å². The van der Waals surface area contributed by atoms with Crippen LogP contribution in [-0.4, -0.2) is 43.4 Å². The van der Waals surface area contributed by atoms with Gasteiger partial charge < -0.3 is 29.8 Å². The van der Waals surface area contributed by atoms with Crippen molar-refractivity contribution in [3.63, 3.8) is 0 Å². The third kappa shape index (κ3) is 9.77. The van der Waals surface area contributed by atoms with Gasteiger partial charge in [0.15, 0.2) is 21.3 Å². The number of aryl methyl sites for hydroxylation is 1. The predicted molar refractivity (Wildman–Crippen MR) is 196 cm³/mol. The van der Waals surface area contributed by atoms with Crippen LogP contribution in [0.15, 0.2) is 93.1 Å². The number of rotatable bonds is 17. The number of amides is 1. The maximum absolute atomic E-state index is 13.1. The van der Waals surface area contributed by atoms with Crippen LogP contribution in [0.25, 0.3) is 11.0 Å². The Morgan fingerprint density at radius 1 is 0.882 bits per heavy atom. The Morgan fingerprint density at radius 2 is 1.75 bits per heavy atom. The summed E-state index contributed by atoms with van der Waals surface area (Å²) < 4.78 is 42.4. The highest BCUT2D eigenvalue weighted by atomic mass is 35.5. The number of hydrogen-bond acceptors (Lipinski definition) is 11. The molecule has 0 unspecified atom stereocenters. The van der Waals surface area contributed by atoms with Gasteiger partial charge in [-0.1, -0.05) is 42.6 Å². The lowest BCUT2D eigenvalue weighted by Crippen LogP contribution is -2.24. The number of carbonyl (C=O) groups is 1. The van der Waals surface area contributed by atoms with Gasteiger partial charge in [-0.2, -0.15) is 4.98 Å². The highest BCUT2D eigenvalue weighted by Gasteiger charge is 2.21. The molecule has 1 aliphatic heterocycles. The molecule has 0 saturated carbocycles. The van der Waals surface area contributed by atoms with E-state index in [0.29, 0.717) is 58.7 Å². The summed E-state index contributed by atoms with van der Waals surface area (Å²) in [5.74, 6) is 1.61. The summed E-state index contributed by atoms with van der Waals surface area (Å²) in [6.45, 7) is 0.684. The molecule has 0 aliphatic carbocycles. The van der Waals surface area contributed by atoms with E-state index in [1.165, 1.54) is 6.07 Å². The van der Waals surface area contributed by atoms with E-state index in [1.807, 2.05) is 12.1 Å². The highest BCUT2D eigenvalue weighted by molar-refractivity contribution is 7.91. The molecule has 2 aromatic heterocycles. The second-order valence-corrected chi connectivity index (χ2v) is 14.6. The second kappa shape index (κ2) is 16.7. The standard InChI is InChI=1S/C37H38ClN5O7S/c38-29-15-16-30-36(49-24-48-30)35(29)42-32-18-20-40-37(43-32)41-27-9-7-10-28(23-27)51(46,47)21-6-4-11-33(44)39-19-5-2-1-3-8-25-12-13-26-14-17-34(45)50-31(26)22-25/h7,9-10,12-18,20,22-23H,1-6,8,11,19,21,24H2,(H,39,44)(H2,40,41,42,43). The van der Waals surface area contributed by atoms with Crippen LogP contribution in [0.2, 0.25) is 5.02 Å². The summed E-state index contributed by atoms with van der Waals surface area (Å²) >= 11 is 6.38. The Balaban J connectivity index is 0.886. The molecular formula is C37H38ClN5O7S. The fourth-order valence-electron chi connectivity index (χ4n) is 5.66. The average molecular weight is 732 g/mol. The van der Waals surface area contributed by atoms with E-state index in [4.69, 9.17) is 25.5 Å². The zero-order valence-electron chi connectivity index (χ0n) is 27.8. The number of hydrogen-bond donors (Lipinski definition) is 3. The monoisotopic (exact) mass is 731 g/mol. The first-order valence-electron chi connectivity index (χ1n) is 16.8. The Kier molecular flexibility index (Phi) is 11.7. The van der Waals surface area contributed by atoms with Gasteiger partial charge in [0.1, 0.15) is 17.1 Å². The van der Waals surface area contributed by atoms with Crippen molar-refractivity contribution in [2.45, 2.75) is 56.3 Å². The first-order chi connectivity index (χ1) is 24.7. The fourth-order valence-corrected chi connectivity index (χ4v) is 7.27. The number of anilines is 4. The van der Waals surface area contributed by atoms with Crippen molar-refractivity contribution in [1.29, 1.82) is 0 Å². The largest absolute Gasteiger partial charge is 0.454 e. The number of unbranched alkanes of at least 4 members (excludes halogenated alkanes) is 4. The minimum atomic E-state index is -3.58. The minimum absolute atomic E-state index is 0.0725. The molecule has 0 spiro atoms. The van der Waals surface area contributed by atoms with E-state index < -0.39 is 9.84 Å². The molecule has 266 valence electrons. The summed E-state index contributed by atoms with van der Waals surface area (Å²) in [6.07, 6.45) is 7.43. The number of benzene rings is 3. The maximum Gasteiger partial charge on any atom is 0.336 e. The molecule has 5 aromatic rings. The number of fused-ring (bicyclic) bond motifs is 2. The lowest BCUT2D eigenvalue weighted by atomic mass is 10.0. The molecule has 0 saturated heterocycles. The number of carbonyl (C=O) groups excluding carboxylic acids is 1. The minimum Gasteiger partial charge on any atom is -0.454 e. The van der Waals surface area contributed by atoms with Gasteiger partial charge in [0, 0.05) is 36.3 Å². The number of ether oxygens (including phenoxy) is 2. The molecule has 1 aliphatic rings. The van der Waals surface area contributed by atoms with Gasteiger partial charge >= 0.3 is 5.63 Å². The second-order valence-electron chi connectivity index (χ2n) is 12.1. The normalized spacial score (nSPS) is 12.2. The SMILES string of the molecule is O=C(CCCCS(=O)(=O)c1cccc(Nc2nccc(Nc3c(Cl)ccc4c3OCO4)n2)c1)NCCCCCCc1ccc2ccc(=O)oc2c1. The molecule has 12 nitrogen and oxygen atoms in total. The van der Waals surface area contributed by atoms with Gasteiger partial charge in [0.25, 0.3) is 0 Å². The zero-order valence-corrected chi connectivity index (χ0v) is 29.4. The van der Waals surface area contributed by atoms with Crippen LogP contribution in [0.5, 0.6) is 11.5 Å². The third-order valence-corrected chi connectivity index (χ3v) is 10.4. The average Bonchev–Trinajstić information content (AvgIpc) is 3.60. The van der Waals surface area contributed by atoms with Crippen LogP contribution in [0.3, 0.4) is 0 Å². The van der Waals surface area contributed by atoms with Crippen LogP contribution >= 0.6 is 11.6 Å².